The van der Waals surface area contributed by atoms with Crippen molar-refractivity contribution in [3.05, 3.63) is 32.5 Å². The number of nitrogens with zero attached hydrogens (tertiary/aromatic N) is 2. The molecule has 0 unspecified atom stereocenters. The summed E-state index contributed by atoms with van der Waals surface area (Å²) in [6, 6.07) is 2.24. The summed E-state index contributed by atoms with van der Waals surface area (Å²) in [5.74, 6) is -0.798. The zero-order valence-corrected chi connectivity index (χ0v) is 8.36. The van der Waals surface area contributed by atoms with Gasteiger partial charge < -0.3 is 5.73 Å². The Hall–Kier alpha value is -1.50. The van der Waals surface area contributed by atoms with Gasteiger partial charge in [-0.25, -0.2) is 9.38 Å². The maximum absolute atomic E-state index is 13.2. The van der Waals surface area contributed by atoms with Gasteiger partial charge in [0.15, 0.2) is 11.5 Å². The van der Waals surface area contributed by atoms with E-state index in [4.69, 9.17) is 5.73 Å². The molecule has 1 aromatic carbocycles. The lowest BCUT2D eigenvalue weighted by Crippen LogP contribution is -1.94. The molecule has 1 rings (SSSR count). The fourth-order valence-electron chi connectivity index (χ4n) is 0.894. The van der Waals surface area contributed by atoms with Gasteiger partial charge in [0.05, 0.1) is 11.3 Å². The third-order valence-electron chi connectivity index (χ3n) is 1.41. The van der Waals surface area contributed by atoms with E-state index >= 15 is 0 Å². The van der Waals surface area contributed by atoms with Gasteiger partial charge >= 0.3 is 0 Å². The molecule has 1 aromatic rings. The fourth-order valence-corrected chi connectivity index (χ4v) is 1.31. The first-order chi connectivity index (χ1) is 6.56. The number of hydrogen-bond donors (Lipinski definition) is 1. The van der Waals surface area contributed by atoms with E-state index in [-0.39, 0.29) is 10.2 Å². The molecule has 0 aliphatic heterocycles. The van der Waals surface area contributed by atoms with Crippen molar-refractivity contribution < 1.29 is 9.31 Å². The lowest BCUT2D eigenvalue weighted by atomic mass is 10.2. The van der Waals surface area contributed by atoms with Crippen molar-refractivity contribution in [1.82, 2.24) is 0 Å². The molecule has 0 saturated heterocycles. The molecule has 0 heterocycles. The molecule has 2 N–H and O–H groups in total. The molecule has 0 aliphatic rings. The number of aliphatic imine (C=N–C) groups is 1. The quantitative estimate of drug-likeness (QED) is 0.383. The molecule has 0 amide bonds. The Morgan fingerprint density at radius 2 is 2.29 bits per heavy atom. The molecule has 0 saturated carbocycles. The molecule has 0 bridgehead atoms. The van der Waals surface area contributed by atoms with Crippen molar-refractivity contribution in [3.63, 3.8) is 0 Å². The van der Waals surface area contributed by atoms with Gasteiger partial charge in [-0.05, 0) is 6.07 Å². The van der Waals surface area contributed by atoms with E-state index in [9.17, 15) is 14.5 Å². The van der Waals surface area contributed by atoms with Crippen LogP contribution in [0.15, 0.2) is 21.6 Å². The van der Waals surface area contributed by atoms with Gasteiger partial charge in [0.25, 0.3) is 5.69 Å². The Labute approximate surface area is 86.7 Å². The SMILES string of the molecule is NC=Nc1c(F)cc(Br)cc1[N+](=O)[O-]. The van der Waals surface area contributed by atoms with Crippen LogP contribution in [-0.2, 0) is 0 Å². The number of hydrogen-bond acceptors (Lipinski definition) is 3. The number of nitro groups is 1. The van der Waals surface area contributed by atoms with Crippen LogP contribution in [0.3, 0.4) is 0 Å². The highest BCUT2D eigenvalue weighted by Crippen LogP contribution is 2.33. The van der Waals surface area contributed by atoms with E-state index in [1.165, 1.54) is 0 Å². The van der Waals surface area contributed by atoms with Crippen molar-refractivity contribution in [2.45, 2.75) is 0 Å². The predicted octanol–water partition coefficient (Wildman–Crippen LogP) is 2.11. The van der Waals surface area contributed by atoms with Gasteiger partial charge in [0.1, 0.15) is 0 Å². The summed E-state index contributed by atoms with van der Waals surface area (Å²) < 4.78 is 13.4. The second kappa shape index (κ2) is 4.14. The fraction of sp³-hybridized carbons (Fsp3) is 0. The molecule has 0 radical (unpaired) electrons. The van der Waals surface area contributed by atoms with E-state index < -0.39 is 16.4 Å². The minimum absolute atomic E-state index is 0.276. The Balaban J connectivity index is 3.44. The van der Waals surface area contributed by atoms with E-state index in [1.807, 2.05) is 0 Å². The second-order valence-electron chi connectivity index (χ2n) is 2.29. The molecule has 0 aromatic heterocycles. The maximum Gasteiger partial charge on any atom is 0.299 e. The van der Waals surface area contributed by atoms with Crippen molar-refractivity contribution in [2.24, 2.45) is 10.7 Å². The van der Waals surface area contributed by atoms with E-state index in [2.05, 4.69) is 20.9 Å². The normalized spacial score (nSPS) is 10.7. The minimum Gasteiger partial charge on any atom is -0.390 e. The lowest BCUT2D eigenvalue weighted by Gasteiger charge is -1.99. The van der Waals surface area contributed by atoms with Crippen molar-refractivity contribution in [1.29, 1.82) is 0 Å². The van der Waals surface area contributed by atoms with E-state index in [0.717, 1.165) is 18.5 Å². The molecule has 0 atom stereocenters. The number of nitrogens with two attached hydrogens (primary N) is 1. The Morgan fingerprint density at radius 1 is 1.64 bits per heavy atom. The van der Waals surface area contributed by atoms with Crippen LogP contribution in [0.4, 0.5) is 15.8 Å². The number of halogens is 2. The molecule has 5 nitrogen and oxygen atoms in total. The predicted molar refractivity (Wildman–Crippen MR) is 53.1 cm³/mol. The van der Waals surface area contributed by atoms with Crippen molar-refractivity contribution in [2.75, 3.05) is 0 Å². The van der Waals surface area contributed by atoms with Crippen LogP contribution in [0.5, 0.6) is 0 Å². The van der Waals surface area contributed by atoms with Gasteiger partial charge in [-0.2, -0.15) is 0 Å². The third-order valence-corrected chi connectivity index (χ3v) is 1.87. The summed E-state index contributed by atoms with van der Waals surface area (Å²) in [7, 11) is 0. The molecule has 7 heteroatoms. The molecule has 0 fully saturated rings. The molecular formula is C7H5BrFN3O2. The monoisotopic (exact) mass is 261 g/mol. The summed E-state index contributed by atoms with van der Waals surface area (Å²) in [6.45, 7) is 0. The zero-order valence-electron chi connectivity index (χ0n) is 6.78. The van der Waals surface area contributed by atoms with E-state index in [1.54, 1.807) is 0 Å². The molecule has 0 aliphatic carbocycles. The van der Waals surface area contributed by atoms with Crippen molar-refractivity contribution >= 4 is 33.6 Å². The van der Waals surface area contributed by atoms with E-state index in [0.29, 0.717) is 0 Å². The Morgan fingerprint density at radius 3 is 2.79 bits per heavy atom. The first-order valence-corrected chi connectivity index (χ1v) is 4.23. The van der Waals surface area contributed by atoms with Crippen molar-refractivity contribution in [3.8, 4) is 0 Å². The third kappa shape index (κ3) is 2.05. The smallest absolute Gasteiger partial charge is 0.299 e. The number of benzene rings is 1. The highest BCUT2D eigenvalue weighted by molar-refractivity contribution is 9.10. The van der Waals surface area contributed by atoms with Crippen LogP contribution < -0.4 is 5.73 Å². The molecule has 74 valence electrons. The first kappa shape index (κ1) is 10.6. The Bertz CT molecular complexity index is 408. The zero-order chi connectivity index (χ0) is 10.7. The van der Waals surface area contributed by atoms with Gasteiger partial charge in [0, 0.05) is 10.5 Å². The highest BCUT2D eigenvalue weighted by atomic mass is 79.9. The average molecular weight is 262 g/mol. The van der Waals surface area contributed by atoms with Crippen LogP contribution >= 0.6 is 15.9 Å². The standard InChI is InChI=1S/C7H5BrFN3O2/c8-4-1-5(9)7(11-3-10)6(2-4)12(13)14/h1-3H,(H2,10,11). The average Bonchev–Trinajstić information content (AvgIpc) is 2.09. The summed E-state index contributed by atoms with van der Waals surface area (Å²) in [6.07, 6.45) is 0.805. The summed E-state index contributed by atoms with van der Waals surface area (Å²) >= 11 is 2.94. The van der Waals surface area contributed by atoms with Crippen LogP contribution in [0.25, 0.3) is 0 Å². The summed E-state index contributed by atoms with van der Waals surface area (Å²) in [4.78, 5) is 13.2. The highest BCUT2D eigenvalue weighted by Gasteiger charge is 2.18. The van der Waals surface area contributed by atoms with Gasteiger partial charge in [-0.1, -0.05) is 15.9 Å². The van der Waals surface area contributed by atoms with Gasteiger partial charge in [0.2, 0.25) is 0 Å². The van der Waals surface area contributed by atoms with Crippen LogP contribution in [-0.4, -0.2) is 11.3 Å². The largest absolute Gasteiger partial charge is 0.390 e. The maximum atomic E-state index is 13.2. The molecule has 0 spiro atoms. The number of nitro benzene ring substituents is 1. The Kier molecular flexibility index (Phi) is 3.13. The van der Waals surface area contributed by atoms with Gasteiger partial charge in [-0.15, -0.1) is 0 Å². The second-order valence-corrected chi connectivity index (χ2v) is 3.21. The first-order valence-electron chi connectivity index (χ1n) is 3.44. The summed E-state index contributed by atoms with van der Waals surface area (Å²) in [5.41, 5.74) is 4.14. The number of rotatable bonds is 2. The topological polar surface area (TPSA) is 81.5 Å². The van der Waals surface area contributed by atoms with Crippen LogP contribution in [0.1, 0.15) is 0 Å². The molecule has 14 heavy (non-hydrogen) atoms. The van der Waals surface area contributed by atoms with Crippen LogP contribution in [0, 0.1) is 15.9 Å². The minimum atomic E-state index is -0.798. The lowest BCUT2D eigenvalue weighted by molar-refractivity contribution is -0.384. The summed E-state index contributed by atoms with van der Waals surface area (Å²) in [5, 5.41) is 10.5. The van der Waals surface area contributed by atoms with Gasteiger partial charge in [-0.3, -0.25) is 10.1 Å². The molecular weight excluding hydrogens is 257 g/mol. The van der Waals surface area contributed by atoms with Crippen LogP contribution in [0.2, 0.25) is 0 Å².